The van der Waals surface area contributed by atoms with E-state index in [0.29, 0.717) is 5.95 Å². The molecule has 8 heteroatoms. The summed E-state index contributed by atoms with van der Waals surface area (Å²) in [7, 11) is 5.53. The molecule has 0 saturated heterocycles. The molecule has 0 spiro atoms. The van der Waals surface area contributed by atoms with Gasteiger partial charge < -0.3 is 10.1 Å². The number of methoxy groups -OCH3 is 1. The number of fused-ring (bicyclic) bond motifs is 3. The highest BCUT2D eigenvalue weighted by Gasteiger charge is 2.27. The Morgan fingerprint density at radius 1 is 1.07 bits per heavy atom. The lowest BCUT2D eigenvalue weighted by molar-refractivity contribution is 0.415. The minimum absolute atomic E-state index is 0.550. The molecule has 1 aromatic carbocycles. The second-order valence-electron chi connectivity index (χ2n) is 7.12. The van der Waals surface area contributed by atoms with Crippen molar-refractivity contribution in [2.24, 2.45) is 14.1 Å². The van der Waals surface area contributed by atoms with Crippen LogP contribution in [-0.4, -0.2) is 36.6 Å². The van der Waals surface area contributed by atoms with Crippen molar-refractivity contribution >= 4 is 11.6 Å². The number of hydrogen-bond donors (Lipinski definition) is 1. The number of aryl methyl sites for hydroxylation is 4. The van der Waals surface area contributed by atoms with Gasteiger partial charge in [-0.25, -0.2) is 9.97 Å². The van der Waals surface area contributed by atoms with Crippen molar-refractivity contribution in [1.29, 1.82) is 0 Å². The zero-order valence-corrected chi connectivity index (χ0v) is 16.5. The molecule has 146 valence electrons. The maximum absolute atomic E-state index is 5.30. The highest BCUT2D eigenvalue weighted by atomic mass is 16.5. The van der Waals surface area contributed by atoms with Gasteiger partial charge in [0, 0.05) is 37.6 Å². The van der Waals surface area contributed by atoms with Crippen LogP contribution < -0.4 is 10.1 Å². The average Bonchev–Trinajstić information content (AvgIpc) is 3.30. The van der Waals surface area contributed by atoms with Crippen molar-refractivity contribution in [2.45, 2.75) is 12.8 Å². The molecule has 0 unspecified atom stereocenters. The molecule has 3 aromatic heterocycles. The predicted molar refractivity (Wildman–Crippen MR) is 110 cm³/mol. The first kappa shape index (κ1) is 17.4. The molecule has 5 rings (SSSR count). The lowest BCUT2D eigenvalue weighted by atomic mass is 9.91. The molecule has 0 saturated carbocycles. The van der Waals surface area contributed by atoms with Crippen LogP contribution >= 0.6 is 0 Å². The van der Waals surface area contributed by atoms with Gasteiger partial charge in [-0.1, -0.05) is 0 Å². The number of nitrogens with zero attached hydrogens (tertiary/aromatic N) is 6. The van der Waals surface area contributed by atoms with Gasteiger partial charge in [-0.3, -0.25) is 9.36 Å². The van der Waals surface area contributed by atoms with Gasteiger partial charge in [0.1, 0.15) is 5.75 Å². The van der Waals surface area contributed by atoms with Crippen molar-refractivity contribution in [2.75, 3.05) is 12.4 Å². The van der Waals surface area contributed by atoms with E-state index < -0.39 is 0 Å². The summed E-state index contributed by atoms with van der Waals surface area (Å²) >= 11 is 0. The monoisotopic (exact) mass is 387 g/mol. The minimum atomic E-state index is 0.550. The molecule has 1 N–H and O–H groups in total. The highest BCUT2D eigenvalue weighted by Crippen LogP contribution is 2.39. The summed E-state index contributed by atoms with van der Waals surface area (Å²) in [5.74, 6) is 1.38. The third-order valence-electron chi connectivity index (χ3n) is 5.18. The second-order valence-corrected chi connectivity index (χ2v) is 7.12. The van der Waals surface area contributed by atoms with Gasteiger partial charge in [0.25, 0.3) is 0 Å². The van der Waals surface area contributed by atoms with E-state index in [9.17, 15) is 0 Å². The van der Waals surface area contributed by atoms with Crippen LogP contribution in [0.25, 0.3) is 22.5 Å². The van der Waals surface area contributed by atoms with Gasteiger partial charge >= 0.3 is 0 Å². The van der Waals surface area contributed by atoms with Crippen molar-refractivity contribution in [3.63, 3.8) is 0 Å². The lowest BCUT2D eigenvalue weighted by Crippen LogP contribution is -2.08. The van der Waals surface area contributed by atoms with Gasteiger partial charge in [-0.15, -0.1) is 0 Å². The van der Waals surface area contributed by atoms with Crippen LogP contribution in [0.1, 0.15) is 11.3 Å². The van der Waals surface area contributed by atoms with E-state index in [1.807, 2.05) is 43.3 Å². The Morgan fingerprint density at radius 2 is 1.90 bits per heavy atom. The number of ether oxygens (including phenoxy) is 1. The van der Waals surface area contributed by atoms with E-state index in [4.69, 9.17) is 14.8 Å². The Bertz CT molecular complexity index is 1190. The highest BCUT2D eigenvalue weighted by molar-refractivity contribution is 5.84. The average molecular weight is 387 g/mol. The van der Waals surface area contributed by atoms with Crippen molar-refractivity contribution in [3.05, 3.63) is 54.1 Å². The van der Waals surface area contributed by atoms with Crippen LogP contribution in [0.15, 0.2) is 42.9 Å². The maximum Gasteiger partial charge on any atom is 0.227 e. The number of nitrogens with one attached hydrogen (secondary N) is 1. The third-order valence-corrected chi connectivity index (χ3v) is 5.18. The fraction of sp³-hybridized carbons (Fsp3) is 0.238. The maximum atomic E-state index is 5.30. The topological polar surface area (TPSA) is 82.7 Å². The van der Waals surface area contributed by atoms with Crippen molar-refractivity contribution in [3.8, 4) is 28.3 Å². The number of rotatable bonds is 4. The molecule has 0 aliphatic heterocycles. The summed E-state index contributed by atoms with van der Waals surface area (Å²) in [5.41, 5.74) is 7.20. The Hall–Kier alpha value is -3.68. The molecule has 1 aliphatic rings. The minimum Gasteiger partial charge on any atom is -0.497 e. The summed E-state index contributed by atoms with van der Waals surface area (Å²) in [5, 5.41) is 12.2. The predicted octanol–water partition coefficient (Wildman–Crippen LogP) is 3.13. The molecule has 0 fully saturated rings. The Kier molecular flexibility index (Phi) is 4.04. The summed E-state index contributed by atoms with van der Waals surface area (Å²) in [6, 6.07) is 8.04. The molecule has 4 aromatic rings. The SMILES string of the molecule is COc1ccc(-c2c3c(nn2C)CCc2cnc(Nc4cnn(C)c4)nc2-3)cc1. The first-order valence-corrected chi connectivity index (χ1v) is 9.44. The zero-order chi connectivity index (χ0) is 20.0. The first-order valence-electron chi connectivity index (χ1n) is 9.44. The van der Waals surface area contributed by atoms with Gasteiger partial charge in [0.15, 0.2) is 0 Å². The Balaban J connectivity index is 1.61. The summed E-state index contributed by atoms with van der Waals surface area (Å²) in [6.45, 7) is 0. The van der Waals surface area contributed by atoms with Gasteiger partial charge in [-0.2, -0.15) is 10.2 Å². The van der Waals surface area contributed by atoms with E-state index in [1.54, 1.807) is 18.0 Å². The van der Waals surface area contributed by atoms with Crippen LogP contribution in [0.3, 0.4) is 0 Å². The normalized spacial score (nSPS) is 12.4. The smallest absolute Gasteiger partial charge is 0.227 e. The number of hydrogen-bond acceptors (Lipinski definition) is 6. The summed E-state index contributed by atoms with van der Waals surface area (Å²) in [6.07, 6.45) is 7.32. The quantitative estimate of drug-likeness (QED) is 0.579. The van der Waals surface area contributed by atoms with E-state index in [0.717, 1.165) is 58.1 Å². The van der Waals surface area contributed by atoms with Crippen LogP contribution in [-0.2, 0) is 26.9 Å². The summed E-state index contributed by atoms with van der Waals surface area (Å²) in [4.78, 5) is 9.35. The molecular weight excluding hydrogens is 366 g/mol. The molecule has 0 bridgehead atoms. The lowest BCUT2D eigenvalue weighted by Gasteiger charge is -2.17. The Morgan fingerprint density at radius 3 is 2.62 bits per heavy atom. The van der Waals surface area contributed by atoms with E-state index in [-0.39, 0.29) is 0 Å². The standard InChI is InChI=1S/C21H21N7O/c1-27-12-15(11-23-27)24-21-22-10-14-6-9-17-18(19(14)25-21)20(28(2)26-17)13-4-7-16(29-3)8-5-13/h4-5,7-8,10-12H,6,9H2,1-3H3,(H,22,24,25). The van der Waals surface area contributed by atoms with Crippen LogP contribution in [0, 0.1) is 0 Å². The van der Waals surface area contributed by atoms with E-state index in [1.165, 1.54) is 0 Å². The molecule has 1 aliphatic carbocycles. The fourth-order valence-corrected chi connectivity index (χ4v) is 3.82. The van der Waals surface area contributed by atoms with Gasteiger partial charge in [0.05, 0.1) is 36.1 Å². The van der Waals surface area contributed by atoms with Gasteiger partial charge in [0.2, 0.25) is 5.95 Å². The number of aromatic nitrogens is 6. The van der Waals surface area contributed by atoms with Gasteiger partial charge in [-0.05, 0) is 42.7 Å². The van der Waals surface area contributed by atoms with Crippen LogP contribution in [0.5, 0.6) is 5.75 Å². The van der Waals surface area contributed by atoms with Crippen LogP contribution in [0.4, 0.5) is 11.6 Å². The van der Waals surface area contributed by atoms with Crippen LogP contribution in [0.2, 0.25) is 0 Å². The molecule has 8 nitrogen and oxygen atoms in total. The largest absolute Gasteiger partial charge is 0.497 e. The second kappa shape index (κ2) is 6.73. The fourth-order valence-electron chi connectivity index (χ4n) is 3.82. The third kappa shape index (κ3) is 3.02. The number of benzene rings is 1. The molecular formula is C21H21N7O. The molecule has 0 radical (unpaired) electrons. The first-order chi connectivity index (χ1) is 14.1. The Labute approximate surface area is 168 Å². The van der Waals surface area contributed by atoms with E-state index >= 15 is 0 Å². The zero-order valence-electron chi connectivity index (χ0n) is 16.5. The molecule has 29 heavy (non-hydrogen) atoms. The molecule has 3 heterocycles. The summed E-state index contributed by atoms with van der Waals surface area (Å²) < 4.78 is 8.98. The van der Waals surface area contributed by atoms with Crippen molar-refractivity contribution in [1.82, 2.24) is 29.5 Å². The van der Waals surface area contributed by atoms with Crippen molar-refractivity contribution < 1.29 is 4.74 Å². The van der Waals surface area contributed by atoms with E-state index in [2.05, 4.69) is 27.5 Å². The molecule has 0 atom stereocenters. The molecule has 0 amide bonds. The number of anilines is 2.